The summed E-state index contributed by atoms with van der Waals surface area (Å²) in [7, 11) is 2.25. The molecule has 0 amide bonds. The Morgan fingerprint density at radius 2 is 1.61 bits per heavy atom. The van der Waals surface area contributed by atoms with Crippen molar-refractivity contribution in [1.82, 2.24) is 4.90 Å². The highest BCUT2D eigenvalue weighted by atomic mass is 32.2. The summed E-state index contributed by atoms with van der Waals surface area (Å²) in [5.74, 6) is 0.753. The van der Waals surface area contributed by atoms with E-state index in [2.05, 4.69) is 65.4 Å². The van der Waals surface area contributed by atoms with Gasteiger partial charge >= 0.3 is 0 Å². The van der Waals surface area contributed by atoms with Crippen LogP contribution in [0.25, 0.3) is 0 Å². The second-order valence-corrected chi connectivity index (χ2v) is 7.50. The lowest BCUT2D eigenvalue weighted by molar-refractivity contribution is 0.214. The minimum Gasteiger partial charge on any atom is -0.339 e. The molecule has 23 heavy (non-hydrogen) atoms. The average Bonchev–Trinajstić information content (AvgIpc) is 2.55. The molecule has 0 bridgehead atoms. The Kier molecular flexibility index (Phi) is 4.98. The monoisotopic (exact) mass is 326 g/mol. The largest absolute Gasteiger partial charge is 0.339 e. The summed E-state index contributed by atoms with van der Waals surface area (Å²) in [6.45, 7) is 3.59. The summed E-state index contributed by atoms with van der Waals surface area (Å²) in [5.41, 5.74) is 2.75. The van der Waals surface area contributed by atoms with Crippen LogP contribution in [-0.4, -0.2) is 31.6 Å². The van der Waals surface area contributed by atoms with E-state index in [0.29, 0.717) is 0 Å². The lowest BCUT2D eigenvalue weighted by Crippen LogP contribution is -2.38. The Morgan fingerprint density at radius 3 is 2.22 bits per heavy atom. The Bertz CT molecular complexity index is 625. The van der Waals surface area contributed by atoms with Crippen LogP contribution in [-0.2, 0) is 0 Å². The first-order chi connectivity index (χ1) is 10.8. The Hall–Kier alpha value is -1.45. The fourth-order valence-corrected chi connectivity index (χ4v) is 4.75. The zero-order chi connectivity index (χ0) is 14.9. The van der Waals surface area contributed by atoms with E-state index < -0.39 is 0 Å². The maximum absolute atomic E-state index is 2.55. The van der Waals surface area contributed by atoms with Gasteiger partial charge < -0.3 is 9.80 Å². The summed E-state index contributed by atoms with van der Waals surface area (Å²) in [4.78, 5) is 7.78. The van der Waals surface area contributed by atoms with Crippen LogP contribution in [0.2, 0.25) is 0 Å². The van der Waals surface area contributed by atoms with Crippen LogP contribution in [0.3, 0.4) is 0 Å². The molecule has 3 heteroatoms. The van der Waals surface area contributed by atoms with E-state index >= 15 is 0 Å². The van der Waals surface area contributed by atoms with Crippen molar-refractivity contribution in [3.05, 3.63) is 48.5 Å². The molecule has 1 saturated heterocycles. The molecule has 2 aliphatic heterocycles. The maximum Gasteiger partial charge on any atom is 0.0552 e. The molecule has 1 fully saturated rings. The molecule has 2 aromatic carbocycles. The van der Waals surface area contributed by atoms with Gasteiger partial charge in [0.25, 0.3) is 0 Å². The molecule has 2 aromatic rings. The van der Waals surface area contributed by atoms with Crippen LogP contribution in [0, 0.1) is 5.92 Å². The summed E-state index contributed by atoms with van der Waals surface area (Å²) < 4.78 is 0. The molecule has 2 heterocycles. The van der Waals surface area contributed by atoms with E-state index in [0.717, 1.165) is 12.5 Å². The molecule has 2 nitrogen and oxygen atoms in total. The van der Waals surface area contributed by atoms with Crippen LogP contribution in [0.1, 0.15) is 20.3 Å². The van der Waals surface area contributed by atoms with Crippen LogP contribution >= 0.6 is 11.8 Å². The molecule has 0 N–H and O–H groups in total. The van der Waals surface area contributed by atoms with E-state index in [1.165, 1.54) is 47.1 Å². The highest BCUT2D eigenvalue weighted by Crippen LogP contribution is 2.48. The highest BCUT2D eigenvalue weighted by Gasteiger charge is 2.26. The fraction of sp³-hybridized carbons (Fsp3) is 0.400. The van der Waals surface area contributed by atoms with Crippen molar-refractivity contribution < 1.29 is 0 Å². The number of benzene rings is 2. The van der Waals surface area contributed by atoms with Gasteiger partial charge in [0, 0.05) is 22.9 Å². The summed E-state index contributed by atoms with van der Waals surface area (Å²) in [6.07, 6.45) is 2.67. The predicted molar refractivity (Wildman–Crippen MR) is 101 cm³/mol. The van der Waals surface area contributed by atoms with Crippen molar-refractivity contribution >= 4 is 23.1 Å². The van der Waals surface area contributed by atoms with Gasteiger partial charge in [0.15, 0.2) is 0 Å². The first-order valence-electron chi connectivity index (χ1n) is 8.13. The second kappa shape index (κ2) is 6.98. The Balaban J connectivity index is 0.00000156. The lowest BCUT2D eigenvalue weighted by atomic mass is 9.97. The third-order valence-electron chi connectivity index (χ3n) is 4.69. The van der Waals surface area contributed by atoms with Gasteiger partial charge in [0.2, 0.25) is 0 Å². The predicted octanol–water partition coefficient (Wildman–Crippen LogP) is 5.27. The maximum atomic E-state index is 2.55. The van der Waals surface area contributed by atoms with Crippen LogP contribution < -0.4 is 4.90 Å². The number of anilines is 2. The lowest BCUT2D eigenvalue weighted by Gasteiger charge is -2.38. The number of nitrogens with zero attached hydrogens (tertiary/aromatic N) is 2. The third-order valence-corrected chi connectivity index (χ3v) is 5.83. The van der Waals surface area contributed by atoms with E-state index in [-0.39, 0.29) is 7.43 Å². The van der Waals surface area contributed by atoms with Gasteiger partial charge in [0.05, 0.1) is 11.4 Å². The topological polar surface area (TPSA) is 6.48 Å². The summed E-state index contributed by atoms with van der Waals surface area (Å²) in [5, 5.41) is 0. The zero-order valence-electron chi connectivity index (χ0n) is 13.0. The molecular formula is C20H26N2S. The fourth-order valence-electron chi connectivity index (χ4n) is 3.66. The molecule has 2 aliphatic rings. The SMILES string of the molecule is C.CN1CCCC(CN2c3ccccc3Sc3ccccc32)C1. The molecule has 1 unspecified atom stereocenters. The van der Waals surface area contributed by atoms with Gasteiger partial charge in [-0.15, -0.1) is 0 Å². The molecule has 1 atom stereocenters. The van der Waals surface area contributed by atoms with Crippen LogP contribution in [0.15, 0.2) is 58.3 Å². The Labute approximate surface area is 144 Å². The number of fused-ring (bicyclic) bond motifs is 2. The van der Waals surface area contributed by atoms with Crippen molar-refractivity contribution in [3.8, 4) is 0 Å². The van der Waals surface area contributed by atoms with Crippen molar-refractivity contribution in [1.29, 1.82) is 0 Å². The number of likely N-dealkylation sites (tertiary alicyclic amines) is 1. The van der Waals surface area contributed by atoms with E-state index in [4.69, 9.17) is 0 Å². The van der Waals surface area contributed by atoms with Crippen molar-refractivity contribution in [3.63, 3.8) is 0 Å². The molecule has 122 valence electrons. The van der Waals surface area contributed by atoms with Gasteiger partial charge in [-0.25, -0.2) is 0 Å². The molecule has 0 spiro atoms. The van der Waals surface area contributed by atoms with Gasteiger partial charge in [0.1, 0.15) is 0 Å². The first-order valence-corrected chi connectivity index (χ1v) is 8.95. The number of para-hydroxylation sites is 2. The molecular weight excluding hydrogens is 300 g/mol. The van der Waals surface area contributed by atoms with E-state index in [9.17, 15) is 0 Å². The van der Waals surface area contributed by atoms with E-state index in [1.807, 2.05) is 11.8 Å². The number of hydrogen-bond donors (Lipinski definition) is 0. The minimum absolute atomic E-state index is 0. The summed E-state index contributed by atoms with van der Waals surface area (Å²) >= 11 is 1.90. The van der Waals surface area contributed by atoms with Gasteiger partial charge in [-0.2, -0.15) is 0 Å². The van der Waals surface area contributed by atoms with Crippen molar-refractivity contribution in [2.45, 2.75) is 30.1 Å². The molecule has 0 aromatic heterocycles. The van der Waals surface area contributed by atoms with Gasteiger partial charge in [-0.05, 0) is 56.6 Å². The number of hydrogen-bond acceptors (Lipinski definition) is 3. The number of rotatable bonds is 2. The molecule has 0 radical (unpaired) electrons. The normalized spacial score (nSPS) is 20.4. The number of piperidine rings is 1. The summed E-state index contributed by atoms with van der Waals surface area (Å²) in [6, 6.07) is 17.6. The second-order valence-electron chi connectivity index (χ2n) is 6.42. The zero-order valence-corrected chi connectivity index (χ0v) is 13.9. The van der Waals surface area contributed by atoms with Gasteiger partial charge in [-0.3, -0.25) is 0 Å². The van der Waals surface area contributed by atoms with Crippen LogP contribution in [0.4, 0.5) is 11.4 Å². The standard InChI is InChI=1S/C19H22N2S.CH4/c1-20-12-6-7-15(13-20)14-21-16-8-2-4-10-18(16)22-19-11-5-3-9-17(19)21;/h2-5,8-11,15H,6-7,12-14H2,1H3;1H4. The van der Waals surface area contributed by atoms with E-state index in [1.54, 1.807) is 0 Å². The molecule has 0 saturated carbocycles. The third kappa shape index (κ3) is 3.26. The van der Waals surface area contributed by atoms with Gasteiger partial charge in [-0.1, -0.05) is 43.5 Å². The average molecular weight is 327 g/mol. The quantitative estimate of drug-likeness (QED) is 0.742. The van der Waals surface area contributed by atoms with Crippen molar-refractivity contribution in [2.24, 2.45) is 5.92 Å². The molecule has 0 aliphatic carbocycles. The van der Waals surface area contributed by atoms with Crippen molar-refractivity contribution in [2.75, 3.05) is 31.6 Å². The molecule has 4 rings (SSSR count). The first kappa shape index (κ1) is 16.4. The van der Waals surface area contributed by atoms with Crippen LogP contribution in [0.5, 0.6) is 0 Å². The minimum atomic E-state index is 0. The highest BCUT2D eigenvalue weighted by molar-refractivity contribution is 7.99. The Morgan fingerprint density at radius 1 is 1.00 bits per heavy atom. The smallest absolute Gasteiger partial charge is 0.0552 e.